The molecule has 0 atom stereocenters. The summed E-state index contributed by atoms with van der Waals surface area (Å²) in [5, 5.41) is 13.4. The first-order valence-electron chi connectivity index (χ1n) is 6.40. The summed E-state index contributed by atoms with van der Waals surface area (Å²) in [6, 6.07) is 5.76. The zero-order valence-electron chi connectivity index (χ0n) is 11.0. The topological polar surface area (TPSA) is 35.5 Å². The summed E-state index contributed by atoms with van der Waals surface area (Å²) in [4.78, 5) is 2.32. The van der Waals surface area contributed by atoms with Gasteiger partial charge in [-0.1, -0.05) is 12.1 Å². The van der Waals surface area contributed by atoms with E-state index < -0.39 is 0 Å². The van der Waals surface area contributed by atoms with Crippen LogP contribution in [0.2, 0.25) is 0 Å². The third-order valence-electron chi connectivity index (χ3n) is 4.07. The molecule has 1 saturated carbocycles. The van der Waals surface area contributed by atoms with Crippen LogP contribution in [-0.4, -0.2) is 36.2 Å². The molecule has 18 heavy (non-hydrogen) atoms. The fraction of sp³-hybridized carbons (Fsp3) is 0.571. The van der Waals surface area contributed by atoms with Crippen LogP contribution in [-0.2, 0) is 6.54 Å². The van der Waals surface area contributed by atoms with Crippen LogP contribution in [0.5, 0.6) is 5.75 Å². The number of halogens is 1. The Kier molecular flexibility index (Phi) is 4.30. The zero-order valence-corrected chi connectivity index (χ0v) is 12.6. The molecular formula is C14H21BrN2O. The molecule has 1 aromatic carbocycles. The first-order chi connectivity index (χ1) is 8.55. The van der Waals surface area contributed by atoms with Crippen molar-refractivity contribution in [3.8, 4) is 5.75 Å². The molecule has 4 heteroatoms. The Morgan fingerprint density at radius 1 is 1.39 bits per heavy atom. The van der Waals surface area contributed by atoms with Crippen molar-refractivity contribution < 1.29 is 5.11 Å². The highest BCUT2D eigenvalue weighted by molar-refractivity contribution is 9.10. The van der Waals surface area contributed by atoms with Crippen LogP contribution in [0.15, 0.2) is 22.7 Å². The molecule has 0 heterocycles. The number of nitrogens with one attached hydrogen (secondary N) is 1. The Bertz CT molecular complexity index is 416. The highest BCUT2D eigenvalue weighted by Gasteiger charge is 2.38. The number of nitrogens with zero attached hydrogens (tertiary/aromatic N) is 1. The van der Waals surface area contributed by atoms with Crippen LogP contribution in [0.4, 0.5) is 0 Å². The van der Waals surface area contributed by atoms with E-state index >= 15 is 0 Å². The van der Waals surface area contributed by atoms with Crippen molar-refractivity contribution in [3.63, 3.8) is 0 Å². The second-order valence-corrected chi connectivity index (χ2v) is 6.18. The van der Waals surface area contributed by atoms with E-state index in [9.17, 15) is 5.11 Å². The summed E-state index contributed by atoms with van der Waals surface area (Å²) in [7, 11) is 4.30. The van der Waals surface area contributed by atoms with Gasteiger partial charge in [0.1, 0.15) is 5.75 Å². The Labute approximate surface area is 117 Å². The predicted octanol–water partition coefficient (Wildman–Crippen LogP) is 2.73. The molecule has 0 amide bonds. The van der Waals surface area contributed by atoms with Gasteiger partial charge >= 0.3 is 0 Å². The van der Waals surface area contributed by atoms with Crippen LogP contribution < -0.4 is 5.32 Å². The van der Waals surface area contributed by atoms with E-state index in [4.69, 9.17) is 0 Å². The lowest BCUT2D eigenvalue weighted by atomic mass is 9.75. The summed E-state index contributed by atoms with van der Waals surface area (Å²) in [5.41, 5.74) is 1.26. The van der Waals surface area contributed by atoms with Gasteiger partial charge in [0, 0.05) is 24.2 Å². The maximum atomic E-state index is 9.91. The Morgan fingerprint density at radius 3 is 2.67 bits per heavy atom. The number of phenols is 1. The van der Waals surface area contributed by atoms with Crippen molar-refractivity contribution in [2.24, 2.45) is 0 Å². The minimum absolute atomic E-state index is 0.321. The minimum Gasteiger partial charge on any atom is -0.506 e. The average molecular weight is 313 g/mol. The number of phenolic OH excluding ortho intramolecular Hbond substituents is 1. The maximum Gasteiger partial charge on any atom is 0.134 e. The van der Waals surface area contributed by atoms with Crippen molar-refractivity contribution in [3.05, 3.63) is 28.2 Å². The monoisotopic (exact) mass is 312 g/mol. The van der Waals surface area contributed by atoms with Gasteiger partial charge in [-0.25, -0.2) is 0 Å². The predicted molar refractivity (Wildman–Crippen MR) is 77.8 cm³/mol. The maximum absolute atomic E-state index is 9.91. The largest absolute Gasteiger partial charge is 0.506 e. The molecule has 0 aromatic heterocycles. The molecule has 1 fully saturated rings. The number of rotatable bonds is 5. The van der Waals surface area contributed by atoms with Gasteiger partial charge in [-0.3, -0.25) is 0 Å². The molecule has 0 bridgehead atoms. The second-order valence-electron chi connectivity index (χ2n) is 5.32. The first kappa shape index (κ1) is 13.8. The molecule has 0 saturated heterocycles. The fourth-order valence-corrected chi connectivity index (χ4v) is 2.91. The SMILES string of the molecule is CN(C)C1(CNCc2cccc(Br)c2O)CCC1. The van der Waals surface area contributed by atoms with Crippen LogP contribution >= 0.6 is 15.9 Å². The van der Waals surface area contributed by atoms with Crippen LogP contribution in [0.1, 0.15) is 24.8 Å². The number of hydrogen-bond donors (Lipinski definition) is 2. The van der Waals surface area contributed by atoms with E-state index in [0.29, 0.717) is 17.8 Å². The van der Waals surface area contributed by atoms with Crippen molar-refractivity contribution in [2.45, 2.75) is 31.3 Å². The van der Waals surface area contributed by atoms with Crippen molar-refractivity contribution in [2.75, 3.05) is 20.6 Å². The van der Waals surface area contributed by atoms with Gasteiger partial charge in [-0.15, -0.1) is 0 Å². The summed E-state index contributed by atoms with van der Waals surface area (Å²) >= 11 is 3.34. The van der Waals surface area contributed by atoms with Gasteiger partial charge in [0.05, 0.1) is 4.47 Å². The Hall–Kier alpha value is -0.580. The van der Waals surface area contributed by atoms with E-state index in [1.54, 1.807) is 0 Å². The number of para-hydroxylation sites is 1. The molecule has 1 aliphatic carbocycles. The average Bonchev–Trinajstić information content (AvgIpc) is 2.27. The van der Waals surface area contributed by atoms with Crippen LogP contribution in [0.3, 0.4) is 0 Å². The number of hydrogen-bond acceptors (Lipinski definition) is 3. The summed E-state index contributed by atoms with van der Waals surface area (Å²) < 4.78 is 0.757. The Balaban J connectivity index is 1.90. The Morgan fingerprint density at radius 2 is 2.11 bits per heavy atom. The molecule has 2 N–H and O–H groups in total. The zero-order chi connectivity index (χ0) is 13.2. The quantitative estimate of drug-likeness (QED) is 0.877. The third kappa shape index (κ3) is 2.71. The summed E-state index contributed by atoms with van der Waals surface area (Å²) in [6.07, 6.45) is 3.84. The van der Waals surface area contributed by atoms with Crippen molar-refractivity contribution in [1.29, 1.82) is 0 Å². The molecule has 1 aliphatic rings. The first-order valence-corrected chi connectivity index (χ1v) is 7.19. The van der Waals surface area contributed by atoms with Gasteiger partial charge < -0.3 is 15.3 Å². The van der Waals surface area contributed by atoms with E-state index in [1.807, 2.05) is 18.2 Å². The second kappa shape index (κ2) is 5.59. The van der Waals surface area contributed by atoms with Crippen molar-refractivity contribution in [1.82, 2.24) is 10.2 Å². The number of benzene rings is 1. The van der Waals surface area contributed by atoms with E-state index in [2.05, 4.69) is 40.2 Å². The van der Waals surface area contributed by atoms with Gasteiger partial charge in [-0.05, 0) is 55.4 Å². The molecule has 2 rings (SSSR count). The number of likely N-dealkylation sites (N-methyl/N-ethyl adjacent to an activating group) is 1. The normalized spacial score (nSPS) is 17.8. The number of aromatic hydroxyl groups is 1. The van der Waals surface area contributed by atoms with Gasteiger partial charge in [0.2, 0.25) is 0 Å². The molecule has 0 unspecified atom stereocenters. The lowest BCUT2D eigenvalue weighted by molar-refractivity contribution is 0.0597. The summed E-state index contributed by atoms with van der Waals surface area (Å²) in [6.45, 7) is 1.69. The van der Waals surface area contributed by atoms with Crippen molar-refractivity contribution >= 4 is 15.9 Å². The van der Waals surface area contributed by atoms with Gasteiger partial charge in [-0.2, -0.15) is 0 Å². The molecule has 3 nitrogen and oxygen atoms in total. The minimum atomic E-state index is 0.321. The van der Waals surface area contributed by atoms with Crippen LogP contribution in [0, 0.1) is 0 Å². The van der Waals surface area contributed by atoms with E-state index in [0.717, 1.165) is 16.6 Å². The van der Waals surface area contributed by atoms with E-state index in [1.165, 1.54) is 19.3 Å². The lowest BCUT2D eigenvalue weighted by Crippen LogP contribution is -2.56. The van der Waals surface area contributed by atoms with E-state index in [-0.39, 0.29) is 0 Å². The fourth-order valence-electron chi connectivity index (χ4n) is 2.50. The molecule has 100 valence electrons. The summed E-state index contributed by atoms with van der Waals surface area (Å²) in [5.74, 6) is 0.345. The lowest BCUT2D eigenvalue weighted by Gasteiger charge is -2.47. The molecule has 0 spiro atoms. The molecule has 0 aliphatic heterocycles. The molecule has 1 aromatic rings. The molecular weight excluding hydrogens is 292 g/mol. The third-order valence-corrected chi connectivity index (χ3v) is 4.71. The highest BCUT2D eigenvalue weighted by atomic mass is 79.9. The van der Waals surface area contributed by atoms with Crippen LogP contribution in [0.25, 0.3) is 0 Å². The highest BCUT2D eigenvalue weighted by Crippen LogP contribution is 2.35. The van der Waals surface area contributed by atoms with Gasteiger partial charge in [0.15, 0.2) is 0 Å². The van der Waals surface area contributed by atoms with Gasteiger partial charge in [0.25, 0.3) is 0 Å². The molecule has 0 radical (unpaired) electrons. The standard InChI is InChI=1S/C14H21BrN2O/c1-17(2)14(7-4-8-14)10-16-9-11-5-3-6-12(15)13(11)18/h3,5-6,16,18H,4,7-10H2,1-2H3. The smallest absolute Gasteiger partial charge is 0.134 e.